The Bertz CT molecular complexity index is 1380. The molecule has 0 saturated heterocycles. The smallest absolute Gasteiger partial charge is 0.254 e. The van der Waals surface area contributed by atoms with Gasteiger partial charge in [0, 0.05) is 11.7 Å². The van der Waals surface area contributed by atoms with Gasteiger partial charge in [-0.25, -0.2) is 8.78 Å². The first-order chi connectivity index (χ1) is 18.4. The van der Waals surface area contributed by atoms with Gasteiger partial charge in [-0.2, -0.15) is 15.0 Å². The highest BCUT2D eigenvalue weighted by Crippen LogP contribution is 2.32. The summed E-state index contributed by atoms with van der Waals surface area (Å²) in [5.41, 5.74) is 2.02. The van der Waals surface area contributed by atoms with Crippen molar-refractivity contribution in [3.05, 3.63) is 90.0 Å². The number of benzene rings is 3. The van der Waals surface area contributed by atoms with Crippen LogP contribution in [0.4, 0.5) is 14.5 Å². The van der Waals surface area contributed by atoms with E-state index in [1.54, 1.807) is 19.1 Å². The van der Waals surface area contributed by atoms with Gasteiger partial charge in [-0.05, 0) is 73.9 Å². The van der Waals surface area contributed by atoms with Crippen LogP contribution in [0.3, 0.4) is 0 Å². The number of nitrogens with zero attached hydrogens (tertiary/aromatic N) is 4. The zero-order valence-corrected chi connectivity index (χ0v) is 21.1. The van der Waals surface area contributed by atoms with Crippen molar-refractivity contribution < 1.29 is 18.4 Å². The molecule has 1 saturated carbocycles. The molecule has 0 radical (unpaired) electrons. The summed E-state index contributed by atoms with van der Waals surface area (Å²) in [4.78, 5) is 30.7. The van der Waals surface area contributed by atoms with Crippen LogP contribution in [0.5, 0.6) is 0 Å². The quantitative estimate of drug-likeness (QED) is 0.351. The first kappa shape index (κ1) is 25.5. The first-order valence-corrected chi connectivity index (χ1v) is 12.9. The van der Waals surface area contributed by atoms with Gasteiger partial charge < -0.3 is 5.32 Å². The Hall–Kier alpha value is -4.14. The molecule has 0 unspecified atom stereocenters. The molecule has 5 rings (SSSR count). The summed E-state index contributed by atoms with van der Waals surface area (Å²) in [5, 5.41) is 12.0. The van der Waals surface area contributed by atoms with E-state index in [4.69, 9.17) is 0 Å². The summed E-state index contributed by atoms with van der Waals surface area (Å²) in [5.74, 6) is -1.78. The SMILES string of the molecule is C[C@@H](C(=O)N(c1ccc(F)cc1)[C@@H](C(=O)NC1CCCCC1)c1ccc(F)cc1)n1nc2ccccc2n1. The minimum Gasteiger partial charge on any atom is -0.351 e. The second kappa shape index (κ2) is 11.1. The van der Waals surface area contributed by atoms with Gasteiger partial charge in [-0.1, -0.05) is 43.5 Å². The second-order valence-electron chi connectivity index (χ2n) is 9.67. The van der Waals surface area contributed by atoms with Crippen molar-refractivity contribution in [2.75, 3.05) is 4.90 Å². The lowest BCUT2D eigenvalue weighted by Crippen LogP contribution is -2.49. The van der Waals surface area contributed by atoms with Gasteiger partial charge in [-0.3, -0.25) is 14.5 Å². The highest BCUT2D eigenvalue weighted by Gasteiger charge is 2.37. The second-order valence-corrected chi connectivity index (χ2v) is 9.67. The molecule has 196 valence electrons. The fraction of sp³-hybridized carbons (Fsp3) is 0.310. The molecule has 3 aromatic carbocycles. The molecule has 2 atom stereocenters. The van der Waals surface area contributed by atoms with E-state index in [0.717, 1.165) is 32.1 Å². The third kappa shape index (κ3) is 5.41. The number of carbonyl (C=O) groups excluding carboxylic acids is 2. The predicted octanol–water partition coefficient (Wildman–Crippen LogP) is 5.49. The van der Waals surface area contributed by atoms with Crippen LogP contribution in [0.2, 0.25) is 0 Å². The lowest BCUT2D eigenvalue weighted by Gasteiger charge is -2.34. The van der Waals surface area contributed by atoms with Crippen LogP contribution < -0.4 is 10.2 Å². The molecule has 1 N–H and O–H groups in total. The monoisotopic (exact) mass is 517 g/mol. The topological polar surface area (TPSA) is 80.1 Å². The van der Waals surface area contributed by atoms with Crippen LogP contribution in [-0.4, -0.2) is 32.9 Å². The van der Waals surface area contributed by atoms with E-state index in [1.807, 2.05) is 12.1 Å². The fourth-order valence-electron chi connectivity index (χ4n) is 4.94. The highest BCUT2D eigenvalue weighted by atomic mass is 19.1. The molecule has 0 spiro atoms. The molecule has 0 aliphatic heterocycles. The van der Waals surface area contributed by atoms with Crippen molar-refractivity contribution in [2.24, 2.45) is 0 Å². The number of nitrogens with one attached hydrogen (secondary N) is 1. The molecule has 1 aliphatic carbocycles. The lowest BCUT2D eigenvalue weighted by atomic mass is 9.94. The number of anilines is 1. The number of hydrogen-bond donors (Lipinski definition) is 1. The molecule has 38 heavy (non-hydrogen) atoms. The Morgan fingerprint density at radius 3 is 2.00 bits per heavy atom. The number of fused-ring (bicyclic) bond motifs is 1. The van der Waals surface area contributed by atoms with Gasteiger partial charge in [0.2, 0.25) is 5.91 Å². The molecule has 4 aromatic rings. The number of carbonyl (C=O) groups is 2. The van der Waals surface area contributed by atoms with Crippen molar-refractivity contribution >= 4 is 28.5 Å². The van der Waals surface area contributed by atoms with Gasteiger partial charge in [-0.15, -0.1) is 0 Å². The molecule has 7 nitrogen and oxygen atoms in total. The molecular formula is C29H29F2N5O2. The van der Waals surface area contributed by atoms with Crippen molar-refractivity contribution in [2.45, 2.75) is 57.2 Å². The van der Waals surface area contributed by atoms with E-state index in [1.165, 1.54) is 58.2 Å². The lowest BCUT2D eigenvalue weighted by molar-refractivity contribution is -0.128. The van der Waals surface area contributed by atoms with E-state index in [9.17, 15) is 18.4 Å². The molecule has 1 aliphatic rings. The normalized spacial score (nSPS) is 15.7. The number of rotatable bonds is 7. The molecule has 1 heterocycles. The van der Waals surface area contributed by atoms with E-state index >= 15 is 0 Å². The van der Waals surface area contributed by atoms with Gasteiger partial charge in [0.05, 0.1) is 0 Å². The Morgan fingerprint density at radius 1 is 0.868 bits per heavy atom. The van der Waals surface area contributed by atoms with E-state index < -0.39 is 29.6 Å². The summed E-state index contributed by atoms with van der Waals surface area (Å²) in [7, 11) is 0. The largest absolute Gasteiger partial charge is 0.351 e. The molecule has 1 aromatic heterocycles. The fourth-order valence-corrected chi connectivity index (χ4v) is 4.94. The Kier molecular flexibility index (Phi) is 7.44. The van der Waals surface area contributed by atoms with Crippen molar-refractivity contribution in [3.8, 4) is 0 Å². The highest BCUT2D eigenvalue weighted by molar-refractivity contribution is 6.03. The average molecular weight is 518 g/mol. The zero-order chi connectivity index (χ0) is 26.6. The maximum atomic E-state index is 14.2. The van der Waals surface area contributed by atoms with Crippen LogP contribution in [0.1, 0.15) is 56.7 Å². The van der Waals surface area contributed by atoms with Gasteiger partial charge in [0.25, 0.3) is 5.91 Å². The number of amides is 2. The maximum Gasteiger partial charge on any atom is 0.254 e. The first-order valence-electron chi connectivity index (χ1n) is 12.9. The van der Waals surface area contributed by atoms with E-state index in [0.29, 0.717) is 22.3 Å². The number of halogens is 2. The average Bonchev–Trinajstić information content (AvgIpc) is 3.37. The number of hydrogen-bond acceptors (Lipinski definition) is 4. The zero-order valence-electron chi connectivity index (χ0n) is 21.1. The van der Waals surface area contributed by atoms with Crippen LogP contribution in [0.15, 0.2) is 72.8 Å². The van der Waals surface area contributed by atoms with Crippen molar-refractivity contribution in [1.82, 2.24) is 20.3 Å². The molecular weight excluding hydrogens is 488 g/mol. The molecule has 0 bridgehead atoms. The summed E-state index contributed by atoms with van der Waals surface area (Å²) < 4.78 is 27.7. The summed E-state index contributed by atoms with van der Waals surface area (Å²) in [6, 6.07) is 16.1. The summed E-state index contributed by atoms with van der Waals surface area (Å²) in [6.07, 6.45) is 4.86. The Morgan fingerprint density at radius 2 is 1.42 bits per heavy atom. The van der Waals surface area contributed by atoms with Gasteiger partial charge >= 0.3 is 0 Å². The van der Waals surface area contributed by atoms with Crippen LogP contribution >= 0.6 is 0 Å². The summed E-state index contributed by atoms with van der Waals surface area (Å²) in [6.45, 7) is 1.65. The predicted molar refractivity (Wildman–Crippen MR) is 140 cm³/mol. The molecule has 9 heteroatoms. The van der Waals surface area contributed by atoms with Crippen LogP contribution in [0, 0.1) is 11.6 Å². The third-order valence-electron chi connectivity index (χ3n) is 6.99. The maximum absolute atomic E-state index is 14.2. The van der Waals surface area contributed by atoms with Crippen molar-refractivity contribution in [3.63, 3.8) is 0 Å². The molecule has 1 fully saturated rings. The minimum atomic E-state index is -1.12. The Balaban J connectivity index is 1.57. The third-order valence-corrected chi connectivity index (χ3v) is 6.99. The van der Waals surface area contributed by atoms with Crippen LogP contribution in [0.25, 0.3) is 11.0 Å². The standard InChI is InChI=1S/C29H29F2N5O2/c1-19(36-33-25-9-5-6-10-26(25)34-36)29(38)35(24-17-15-22(31)16-18-24)27(20-11-13-21(30)14-12-20)28(37)32-23-7-3-2-4-8-23/h5-6,9-19,23,27H,2-4,7-8H2,1H3,(H,32,37)/t19-,27+/m0/s1. The van der Waals surface area contributed by atoms with Crippen LogP contribution in [-0.2, 0) is 9.59 Å². The van der Waals surface area contributed by atoms with Gasteiger partial charge in [0.15, 0.2) is 0 Å². The minimum absolute atomic E-state index is 0.0140. The Labute approximate surface area is 219 Å². The number of aromatic nitrogens is 3. The van der Waals surface area contributed by atoms with E-state index in [-0.39, 0.29) is 11.9 Å². The van der Waals surface area contributed by atoms with Gasteiger partial charge in [0.1, 0.15) is 34.8 Å². The van der Waals surface area contributed by atoms with Crippen molar-refractivity contribution in [1.29, 1.82) is 0 Å². The summed E-state index contributed by atoms with van der Waals surface area (Å²) >= 11 is 0. The van der Waals surface area contributed by atoms with E-state index in [2.05, 4.69) is 15.5 Å². The molecule has 2 amide bonds.